The van der Waals surface area contributed by atoms with Gasteiger partial charge >= 0.3 is 0 Å². The van der Waals surface area contributed by atoms with Crippen LogP contribution < -0.4 is 5.73 Å². The molecule has 0 spiro atoms. The van der Waals surface area contributed by atoms with Crippen LogP contribution in [0.3, 0.4) is 0 Å². The molecule has 98 valence electrons. The highest BCUT2D eigenvalue weighted by atomic mass is 32.1. The molecule has 0 aliphatic heterocycles. The first-order valence-electron chi connectivity index (χ1n) is 7.12. The Balaban J connectivity index is 1.84. The third kappa shape index (κ3) is 1.33. The summed E-state index contributed by atoms with van der Waals surface area (Å²) in [6.45, 7) is 0. The van der Waals surface area contributed by atoms with Crippen molar-refractivity contribution in [2.75, 3.05) is 5.73 Å². The van der Waals surface area contributed by atoms with Crippen molar-refractivity contribution in [3.05, 3.63) is 10.5 Å². The molecule has 1 aromatic heterocycles. The maximum atomic E-state index is 6.29. The lowest BCUT2D eigenvalue weighted by atomic mass is 9.49. The summed E-state index contributed by atoms with van der Waals surface area (Å²) in [4.78, 5) is 3.42. The number of nitrogens with two attached hydrogens (primary N) is 1. The monoisotopic (exact) mass is 263 g/mol. The van der Waals surface area contributed by atoms with E-state index < -0.39 is 0 Å². The fourth-order valence-corrected chi connectivity index (χ4v) is 5.55. The smallest absolute Gasteiger partial charge is 0.178 e. The van der Waals surface area contributed by atoms with Crippen molar-refractivity contribution in [3.63, 3.8) is 0 Å². The largest absolute Gasteiger partial charge is 0.384 e. The van der Waals surface area contributed by atoms with Crippen LogP contribution in [0.5, 0.6) is 0 Å². The van der Waals surface area contributed by atoms with Crippen LogP contribution in [0.15, 0.2) is 0 Å². The van der Waals surface area contributed by atoms with Crippen molar-refractivity contribution in [1.82, 2.24) is 9.55 Å². The molecular formula is C14H21N3S. The molecule has 0 aromatic carbocycles. The van der Waals surface area contributed by atoms with Gasteiger partial charge in [-0.1, -0.05) is 0 Å². The average molecular weight is 263 g/mol. The second-order valence-electron chi connectivity index (χ2n) is 6.95. The number of aromatic nitrogens is 2. The number of nitrogens with zero attached hydrogens (tertiary/aromatic N) is 1. The van der Waals surface area contributed by atoms with Gasteiger partial charge in [-0.2, -0.15) is 0 Å². The number of H-pyrrole nitrogens is 1. The lowest BCUT2D eigenvalue weighted by molar-refractivity contribution is -0.00668. The van der Waals surface area contributed by atoms with Crippen LogP contribution >= 0.6 is 12.2 Å². The van der Waals surface area contributed by atoms with Crippen LogP contribution in [0.1, 0.15) is 44.2 Å². The molecule has 18 heavy (non-hydrogen) atoms. The first kappa shape index (κ1) is 11.1. The van der Waals surface area contributed by atoms with E-state index in [4.69, 9.17) is 18.0 Å². The van der Waals surface area contributed by atoms with Crippen molar-refractivity contribution in [2.24, 2.45) is 24.8 Å². The minimum atomic E-state index is 0.327. The molecule has 0 radical (unpaired) electrons. The van der Waals surface area contributed by atoms with Crippen molar-refractivity contribution in [1.29, 1.82) is 0 Å². The minimum absolute atomic E-state index is 0.327. The molecule has 1 aromatic rings. The van der Waals surface area contributed by atoms with E-state index >= 15 is 0 Å². The van der Waals surface area contributed by atoms with Crippen LogP contribution in [0.2, 0.25) is 0 Å². The number of aromatic amines is 1. The van der Waals surface area contributed by atoms with E-state index in [1.807, 2.05) is 11.6 Å². The average Bonchev–Trinajstić information content (AvgIpc) is 2.56. The number of rotatable bonds is 1. The molecule has 3 N–H and O–H groups in total. The Hall–Kier alpha value is -0.770. The van der Waals surface area contributed by atoms with Crippen LogP contribution in [-0.4, -0.2) is 9.55 Å². The molecule has 4 saturated carbocycles. The van der Waals surface area contributed by atoms with Crippen LogP contribution in [0, 0.1) is 22.5 Å². The molecule has 0 saturated heterocycles. The van der Waals surface area contributed by atoms with Crippen molar-refractivity contribution in [2.45, 2.75) is 43.9 Å². The highest BCUT2D eigenvalue weighted by Gasteiger charge is 2.53. The minimum Gasteiger partial charge on any atom is -0.384 e. The summed E-state index contributed by atoms with van der Waals surface area (Å²) >= 11 is 5.34. The molecule has 0 atom stereocenters. The van der Waals surface area contributed by atoms with Gasteiger partial charge in [0, 0.05) is 12.5 Å². The summed E-state index contributed by atoms with van der Waals surface area (Å²) < 4.78 is 2.71. The van der Waals surface area contributed by atoms with E-state index in [1.54, 1.807) is 0 Å². The molecule has 4 heteroatoms. The molecule has 3 nitrogen and oxygen atoms in total. The third-order valence-corrected chi connectivity index (χ3v) is 6.10. The summed E-state index contributed by atoms with van der Waals surface area (Å²) in [6, 6.07) is 0. The quantitative estimate of drug-likeness (QED) is 0.765. The number of imidazole rings is 1. The highest BCUT2D eigenvalue weighted by Crippen LogP contribution is 2.61. The molecule has 0 amide bonds. The SMILES string of the molecule is Cn1c(N)c(C23CC4CC(CC(C4)C2)C3)[nH]c1=S. The van der Waals surface area contributed by atoms with Gasteiger partial charge in [0.25, 0.3) is 0 Å². The zero-order chi connectivity index (χ0) is 12.5. The first-order chi connectivity index (χ1) is 8.57. The topological polar surface area (TPSA) is 46.7 Å². The van der Waals surface area contributed by atoms with Gasteiger partial charge in [-0.15, -0.1) is 0 Å². The Morgan fingerprint density at radius 2 is 1.67 bits per heavy atom. The predicted octanol–water partition coefficient (Wildman–Crippen LogP) is 3.13. The van der Waals surface area contributed by atoms with Crippen molar-refractivity contribution in [3.8, 4) is 0 Å². The van der Waals surface area contributed by atoms with E-state index in [0.717, 1.165) is 28.3 Å². The van der Waals surface area contributed by atoms with Crippen molar-refractivity contribution >= 4 is 18.0 Å². The summed E-state index contributed by atoms with van der Waals surface area (Å²) in [5.74, 6) is 3.70. The maximum Gasteiger partial charge on any atom is 0.178 e. The summed E-state index contributed by atoms with van der Waals surface area (Å²) in [5, 5.41) is 0. The molecule has 4 fully saturated rings. The molecule has 0 unspecified atom stereocenters. The molecule has 4 aliphatic carbocycles. The Kier molecular flexibility index (Phi) is 2.10. The van der Waals surface area contributed by atoms with E-state index in [0.29, 0.717) is 5.41 Å². The summed E-state index contributed by atoms with van der Waals surface area (Å²) in [6.07, 6.45) is 8.39. The van der Waals surface area contributed by atoms with Gasteiger partial charge < -0.3 is 15.3 Å². The van der Waals surface area contributed by atoms with E-state index in [-0.39, 0.29) is 0 Å². The van der Waals surface area contributed by atoms with Gasteiger partial charge in [0.05, 0.1) is 5.69 Å². The fraction of sp³-hybridized carbons (Fsp3) is 0.786. The molecule has 1 heterocycles. The fourth-order valence-electron chi connectivity index (χ4n) is 5.35. The number of hydrogen-bond acceptors (Lipinski definition) is 2. The van der Waals surface area contributed by atoms with E-state index in [2.05, 4.69) is 4.98 Å². The standard InChI is InChI=1S/C14H21N3S/c1-17-12(15)11(16-13(17)18)14-5-8-2-9(6-14)4-10(3-8)7-14/h8-10H,2-7,15H2,1H3,(H,16,18). The second-order valence-corrected chi connectivity index (χ2v) is 7.33. The Morgan fingerprint density at radius 3 is 2.06 bits per heavy atom. The Labute approximate surface area is 113 Å². The van der Waals surface area contributed by atoms with Gasteiger partial charge in [-0.25, -0.2) is 0 Å². The van der Waals surface area contributed by atoms with Gasteiger partial charge in [0.2, 0.25) is 0 Å². The van der Waals surface area contributed by atoms with Crippen LogP contribution in [-0.2, 0) is 12.5 Å². The molecule has 4 bridgehead atoms. The zero-order valence-electron chi connectivity index (χ0n) is 10.9. The zero-order valence-corrected chi connectivity index (χ0v) is 11.7. The van der Waals surface area contributed by atoms with E-state index in [1.165, 1.54) is 44.2 Å². The lowest BCUT2D eigenvalue weighted by Gasteiger charge is -2.56. The van der Waals surface area contributed by atoms with Crippen LogP contribution in [0.25, 0.3) is 0 Å². The second kappa shape index (κ2) is 3.41. The number of anilines is 1. The van der Waals surface area contributed by atoms with E-state index in [9.17, 15) is 0 Å². The highest BCUT2D eigenvalue weighted by molar-refractivity contribution is 7.71. The van der Waals surface area contributed by atoms with Gasteiger partial charge in [0.1, 0.15) is 5.82 Å². The Morgan fingerprint density at radius 1 is 1.17 bits per heavy atom. The predicted molar refractivity (Wildman–Crippen MR) is 74.9 cm³/mol. The molecule has 4 aliphatic rings. The number of nitrogens with one attached hydrogen (secondary N) is 1. The van der Waals surface area contributed by atoms with Crippen LogP contribution in [0.4, 0.5) is 5.82 Å². The first-order valence-corrected chi connectivity index (χ1v) is 7.53. The van der Waals surface area contributed by atoms with Gasteiger partial charge in [-0.3, -0.25) is 0 Å². The lowest BCUT2D eigenvalue weighted by Crippen LogP contribution is -2.49. The summed E-state index contributed by atoms with van der Waals surface area (Å²) in [5.41, 5.74) is 7.88. The molecular weight excluding hydrogens is 242 g/mol. The number of hydrogen-bond donors (Lipinski definition) is 2. The number of nitrogen functional groups attached to an aromatic ring is 1. The third-order valence-electron chi connectivity index (χ3n) is 5.72. The van der Waals surface area contributed by atoms with Gasteiger partial charge in [0.15, 0.2) is 4.77 Å². The normalized spacial score (nSPS) is 41.5. The Bertz CT molecular complexity index is 519. The van der Waals surface area contributed by atoms with Crippen molar-refractivity contribution < 1.29 is 0 Å². The summed E-state index contributed by atoms with van der Waals surface area (Å²) in [7, 11) is 1.97. The maximum absolute atomic E-state index is 6.29. The molecule has 5 rings (SSSR count). The van der Waals surface area contributed by atoms with Gasteiger partial charge in [-0.05, 0) is 68.5 Å².